The number of halogens is 1. The third-order valence-corrected chi connectivity index (χ3v) is 3.75. The van der Waals surface area contributed by atoms with Crippen LogP contribution in [-0.4, -0.2) is 17.5 Å². The molecule has 1 N–H and O–H groups in total. The summed E-state index contributed by atoms with van der Waals surface area (Å²) in [4.78, 5) is 13.9. The molecule has 0 unspecified atom stereocenters. The highest BCUT2D eigenvalue weighted by atomic mass is 19.1. The summed E-state index contributed by atoms with van der Waals surface area (Å²) in [7, 11) is 0. The van der Waals surface area contributed by atoms with Crippen LogP contribution < -0.4 is 5.32 Å². The summed E-state index contributed by atoms with van der Waals surface area (Å²) in [6.45, 7) is 1.33. The van der Waals surface area contributed by atoms with Gasteiger partial charge in [-0.2, -0.15) is 0 Å². The zero-order valence-electron chi connectivity index (χ0n) is 12.1. The van der Waals surface area contributed by atoms with E-state index < -0.39 is 0 Å². The fourth-order valence-corrected chi connectivity index (χ4v) is 2.58. The first kappa shape index (κ1) is 14.3. The van der Waals surface area contributed by atoms with Crippen molar-refractivity contribution >= 4 is 12.1 Å². The number of amides is 2. The number of fused-ring (bicyclic) bond motifs is 1. The van der Waals surface area contributed by atoms with E-state index in [1.54, 1.807) is 29.3 Å². The van der Waals surface area contributed by atoms with Gasteiger partial charge >= 0.3 is 6.03 Å². The number of rotatable bonds is 2. The molecule has 4 heteroatoms. The highest BCUT2D eigenvalue weighted by Gasteiger charge is 2.19. The van der Waals surface area contributed by atoms with Crippen molar-refractivity contribution in [3.8, 4) is 0 Å². The van der Waals surface area contributed by atoms with E-state index >= 15 is 0 Å². The Morgan fingerprint density at radius 2 is 1.95 bits per heavy atom. The number of hydrogen-bond donors (Lipinski definition) is 1. The molecule has 2 aromatic rings. The van der Waals surface area contributed by atoms with Crippen LogP contribution in [0.1, 0.15) is 16.7 Å². The second kappa shape index (κ2) is 6.43. The predicted molar refractivity (Wildman–Crippen MR) is 84.5 cm³/mol. The monoisotopic (exact) mass is 296 g/mol. The Hall–Kier alpha value is -2.62. The molecule has 0 fully saturated rings. The van der Waals surface area contributed by atoms with Gasteiger partial charge in [-0.1, -0.05) is 36.4 Å². The number of hydrogen-bond acceptors (Lipinski definition) is 1. The maximum Gasteiger partial charge on any atom is 0.321 e. The molecule has 1 aliphatic heterocycles. The molecule has 1 heterocycles. The van der Waals surface area contributed by atoms with Crippen LogP contribution in [0.3, 0.4) is 0 Å². The largest absolute Gasteiger partial charge is 0.321 e. The Labute approximate surface area is 129 Å². The van der Waals surface area contributed by atoms with Gasteiger partial charge in [0.25, 0.3) is 0 Å². The van der Waals surface area contributed by atoms with Crippen LogP contribution >= 0.6 is 0 Å². The molecule has 1 aliphatic rings. The van der Waals surface area contributed by atoms with Gasteiger partial charge in [-0.25, -0.2) is 9.18 Å². The van der Waals surface area contributed by atoms with Gasteiger partial charge in [0.1, 0.15) is 5.82 Å². The highest BCUT2D eigenvalue weighted by Crippen LogP contribution is 2.18. The van der Waals surface area contributed by atoms with Crippen molar-refractivity contribution in [1.82, 2.24) is 10.2 Å². The first-order valence-corrected chi connectivity index (χ1v) is 7.27. The van der Waals surface area contributed by atoms with Crippen LogP contribution in [-0.2, 0) is 13.0 Å². The molecule has 0 bridgehead atoms. The second-order valence-corrected chi connectivity index (χ2v) is 5.28. The molecule has 3 rings (SSSR count). The Morgan fingerprint density at radius 3 is 2.77 bits per heavy atom. The van der Waals surface area contributed by atoms with E-state index in [0.717, 1.165) is 6.42 Å². The molecule has 112 valence electrons. The minimum Gasteiger partial charge on any atom is -0.320 e. The molecule has 0 radical (unpaired) electrons. The quantitative estimate of drug-likeness (QED) is 0.903. The SMILES string of the molecule is O=C(N/C=C/c1cccc(F)c1)N1CCc2ccccc2C1. The predicted octanol–water partition coefficient (Wildman–Crippen LogP) is 3.56. The Morgan fingerprint density at radius 1 is 1.14 bits per heavy atom. The van der Waals surface area contributed by atoms with Crippen LogP contribution in [0.4, 0.5) is 9.18 Å². The van der Waals surface area contributed by atoms with Crippen LogP contribution in [0.5, 0.6) is 0 Å². The fraction of sp³-hybridized carbons (Fsp3) is 0.167. The fourth-order valence-electron chi connectivity index (χ4n) is 2.58. The summed E-state index contributed by atoms with van der Waals surface area (Å²) in [6, 6.07) is 14.3. The van der Waals surface area contributed by atoms with E-state index in [1.165, 1.54) is 23.3 Å². The maximum absolute atomic E-state index is 13.1. The minimum absolute atomic E-state index is 0.137. The molecule has 0 aromatic heterocycles. The van der Waals surface area contributed by atoms with Crippen molar-refractivity contribution in [2.75, 3.05) is 6.54 Å². The molecule has 2 aromatic carbocycles. The van der Waals surface area contributed by atoms with Crippen molar-refractivity contribution in [3.05, 3.63) is 77.2 Å². The average molecular weight is 296 g/mol. The van der Waals surface area contributed by atoms with Crippen molar-refractivity contribution in [2.24, 2.45) is 0 Å². The molecule has 0 aliphatic carbocycles. The Kier molecular flexibility index (Phi) is 4.19. The summed E-state index contributed by atoms with van der Waals surface area (Å²) >= 11 is 0. The second-order valence-electron chi connectivity index (χ2n) is 5.28. The molecule has 0 spiro atoms. The lowest BCUT2D eigenvalue weighted by molar-refractivity contribution is 0.196. The van der Waals surface area contributed by atoms with Gasteiger partial charge in [-0.15, -0.1) is 0 Å². The van der Waals surface area contributed by atoms with Gasteiger partial charge in [-0.3, -0.25) is 0 Å². The van der Waals surface area contributed by atoms with Crippen LogP contribution in [0.15, 0.2) is 54.7 Å². The lowest BCUT2D eigenvalue weighted by Crippen LogP contribution is -2.40. The number of urea groups is 1. The number of carbonyl (C=O) groups excluding carboxylic acids is 1. The third kappa shape index (κ3) is 3.34. The topological polar surface area (TPSA) is 32.3 Å². The summed E-state index contributed by atoms with van der Waals surface area (Å²) in [5.41, 5.74) is 3.21. The van der Waals surface area contributed by atoms with Crippen LogP contribution in [0.2, 0.25) is 0 Å². The van der Waals surface area contributed by atoms with Crippen molar-refractivity contribution in [3.63, 3.8) is 0 Å². The molecule has 2 amide bonds. The van der Waals surface area contributed by atoms with E-state index in [0.29, 0.717) is 18.7 Å². The molecule has 0 saturated heterocycles. The Balaban J connectivity index is 1.59. The first-order chi connectivity index (χ1) is 10.7. The molecular weight excluding hydrogens is 279 g/mol. The van der Waals surface area contributed by atoms with Gasteiger partial charge in [0, 0.05) is 19.3 Å². The van der Waals surface area contributed by atoms with E-state index in [1.807, 2.05) is 12.1 Å². The lowest BCUT2D eigenvalue weighted by Gasteiger charge is -2.28. The van der Waals surface area contributed by atoms with Gasteiger partial charge in [0.15, 0.2) is 0 Å². The van der Waals surface area contributed by atoms with Gasteiger partial charge in [0.05, 0.1) is 0 Å². The van der Waals surface area contributed by atoms with E-state index in [4.69, 9.17) is 0 Å². The zero-order chi connectivity index (χ0) is 15.4. The van der Waals surface area contributed by atoms with E-state index in [2.05, 4.69) is 17.4 Å². The minimum atomic E-state index is -0.291. The normalized spacial score (nSPS) is 14.0. The number of nitrogens with one attached hydrogen (secondary N) is 1. The van der Waals surface area contributed by atoms with Gasteiger partial charge < -0.3 is 10.2 Å². The molecular formula is C18H17FN2O. The van der Waals surface area contributed by atoms with Crippen LogP contribution in [0.25, 0.3) is 6.08 Å². The molecule has 22 heavy (non-hydrogen) atoms. The van der Waals surface area contributed by atoms with Gasteiger partial charge in [-0.05, 0) is 41.3 Å². The lowest BCUT2D eigenvalue weighted by atomic mass is 10.0. The standard InChI is InChI=1S/C18H17FN2O/c19-17-7-3-4-14(12-17)8-10-20-18(22)21-11-9-15-5-1-2-6-16(15)13-21/h1-8,10,12H,9,11,13H2,(H,20,22)/b10-8+. The van der Waals surface area contributed by atoms with E-state index in [9.17, 15) is 9.18 Å². The summed E-state index contributed by atoms with van der Waals surface area (Å²) in [5, 5.41) is 2.74. The first-order valence-electron chi connectivity index (χ1n) is 7.27. The number of benzene rings is 2. The number of carbonyl (C=O) groups is 1. The summed E-state index contributed by atoms with van der Waals surface area (Å²) in [6.07, 6.45) is 4.10. The van der Waals surface area contributed by atoms with Crippen molar-refractivity contribution < 1.29 is 9.18 Å². The highest BCUT2D eigenvalue weighted by molar-refractivity contribution is 5.76. The molecule has 0 atom stereocenters. The maximum atomic E-state index is 13.1. The smallest absolute Gasteiger partial charge is 0.320 e. The average Bonchev–Trinajstić information content (AvgIpc) is 2.54. The van der Waals surface area contributed by atoms with Gasteiger partial charge in [0.2, 0.25) is 0 Å². The van der Waals surface area contributed by atoms with Crippen molar-refractivity contribution in [2.45, 2.75) is 13.0 Å². The number of nitrogens with zero attached hydrogens (tertiary/aromatic N) is 1. The molecule has 3 nitrogen and oxygen atoms in total. The molecule has 0 saturated carbocycles. The Bertz CT molecular complexity index is 712. The van der Waals surface area contributed by atoms with E-state index in [-0.39, 0.29) is 11.8 Å². The van der Waals surface area contributed by atoms with Crippen molar-refractivity contribution in [1.29, 1.82) is 0 Å². The zero-order valence-corrected chi connectivity index (χ0v) is 12.1. The third-order valence-electron chi connectivity index (χ3n) is 3.75. The summed E-state index contributed by atoms with van der Waals surface area (Å²) in [5.74, 6) is -0.291. The summed E-state index contributed by atoms with van der Waals surface area (Å²) < 4.78 is 13.1. The van der Waals surface area contributed by atoms with Crippen LogP contribution in [0, 0.1) is 5.82 Å².